The van der Waals surface area contributed by atoms with Gasteiger partial charge in [-0.05, 0) is 89.4 Å². The van der Waals surface area contributed by atoms with Crippen molar-refractivity contribution in [1.29, 1.82) is 0 Å². The fourth-order valence-electron chi connectivity index (χ4n) is 5.51. The van der Waals surface area contributed by atoms with Crippen molar-refractivity contribution in [2.75, 3.05) is 114 Å². The molecule has 0 saturated heterocycles. The Morgan fingerprint density at radius 1 is 0.325 bits per heavy atom. The molecular formula is C33H51N6Si. The van der Waals surface area contributed by atoms with Crippen molar-refractivity contribution in [3.63, 3.8) is 0 Å². The first-order valence-corrected chi connectivity index (χ1v) is 15.4. The van der Waals surface area contributed by atoms with Gasteiger partial charge in [0.05, 0.1) is 0 Å². The van der Waals surface area contributed by atoms with Gasteiger partial charge in [-0.1, -0.05) is 0 Å². The molecular weight excluding hydrogens is 508 g/mol. The zero-order valence-electron chi connectivity index (χ0n) is 27.6. The van der Waals surface area contributed by atoms with Crippen LogP contribution in [0.25, 0.3) is 0 Å². The van der Waals surface area contributed by atoms with E-state index in [0.29, 0.717) is 0 Å². The molecule has 0 fully saturated rings. The molecule has 0 heterocycles. The smallest absolute Gasteiger partial charge is 0.171 e. The Kier molecular flexibility index (Phi) is 9.40. The first-order chi connectivity index (χ1) is 18.6. The van der Waals surface area contributed by atoms with E-state index in [0.717, 1.165) is 0 Å². The van der Waals surface area contributed by atoms with E-state index in [9.17, 15) is 0 Å². The van der Waals surface area contributed by atoms with E-state index in [1.54, 1.807) is 0 Å². The van der Waals surface area contributed by atoms with Crippen molar-refractivity contribution in [2.45, 2.75) is 20.8 Å². The average molecular weight is 560 g/mol. The minimum atomic E-state index is -1.62. The number of nitrogens with zero attached hydrogens (tertiary/aromatic N) is 6. The maximum atomic E-state index is 2.37. The lowest BCUT2D eigenvalue weighted by atomic mass is 10.1. The summed E-state index contributed by atoms with van der Waals surface area (Å²) in [6, 6.07) is 14.2. The topological polar surface area (TPSA) is 19.4 Å². The zero-order valence-corrected chi connectivity index (χ0v) is 28.6. The van der Waals surface area contributed by atoms with Gasteiger partial charge in [0.1, 0.15) is 0 Å². The van der Waals surface area contributed by atoms with Crippen LogP contribution in [-0.4, -0.2) is 93.4 Å². The maximum Gasteiger partial charge on any atom is 0.171 e. The summed E-state index contributed by atoms with van der Waals surface area (Å²) in [6.07, 6.45) is 0. The summed E-state index contributed by atoms with van der Waals surface area (Å²) in [5, 5.41) is 4.24. The summed E-state index contributed by atoms with van der Waals surface area (Å²) in [4.78, 5) is 13.8. The minimum Gasteiger partial charge on any atom is -0.378 e. The lowest BCUT2D eigenvalue weighted by Gasteiger charge is -2.37. The summed E-state index contributed by atoms with van der Waals surface area (Å²) >= 11 is 0. The van der Waals surface area contributed by atoms with E-state index in [-0.39, 0.29) is 0 Å². The molecule has 0 atom stereocenters. The fourth-order valence-corrected chi connectivity index (χ4v) is 9.57. The average Bonchev–Trinajstić information content (AvgIpc) is 2.84. The van der Waals surface area contributed by atoms with Crippen LogP contribution in [-0.2, 0) is 0 Å². The Bertz CT molecular complexity index is 1100. The Balaban J connectivity index is 2.78. The maximum absolute atomic E-state index is 2.37. The quantitative estimate of drug-likeness (QED) is 0.293. The number of aryl methyl sites for hydroxylation is 3. The van der Waals surface area contributed by atoms with Gasteiger partial charge >= 0.3 is 0 Å². The van der Waals surface area contributed by atoms with E-state index in [4.69, 9.17) is 0 Å². The predicted molar refractivity (Wildman–Crippen MR) is 184 cm³/mol. The Morgan fingerprint density at radius 2 is 0.475 bits per heavy atom. The van der Waals surface area contributed by atoms with E-state index >= 15 is 0 Å². The van der Waals surface area contributed by atoms with Crippen molar-refractivity contribution < 1.29 is 0 Å². The molecule has 3 rings (SSSR count). The van der Waals surface area contributed by atoms with Crippen LogP contribution in [0.5, 0.6) is 0 Å². The Morgan fingerprint density at radius 3 is 0.600 bits per heavy atom. The molecule has 0 N–H and O–H groups in total. The van der Waals surface area contributed by atoms with E-state index in [2.05, 4.69) is 171 Å². The second-order valence-corrected chi connectivity index (χ2v) is 14.5. The summed E-state index contributed by atoms with van der Waals surface area (Å²) < 4.78 is 0. The minimum absolute atomic E-state index is 1.27. The van der Waals surface area contributed by atoms with E-state index in [1.807, 2.05) is 0 Å². The highest BCUT2D eigenvalue weighted by Crippen LogP contribution is 2.30. The molecule has 0 aliphatic carbocycles. The highest BCUT2D eigenvalue weighted by molar-refractivity contribution is 7.00. The van der Waals surface area contributed by atoms with Gasteiger partial charge in [-0.25, -0.2) is 0 Å². The molecule has 0 aromatic heterocycles. The van der Waals surface area contributed by atoms with E-state index in [1.165, 1.54) is 66.4 Å². The number of rotatable bonds is 9. The molecule has 3 aromatic carbocycles. The monoisotopic (exact) mass is 559 g/mol. The van der Waals surface area contributed by atoms with Crippen molar-refractivity contribution in [3.05, 3.63) is 53.1 Å². The predicted octanol–water partition coefficient (Wildman–Crippen LogP) is 3.52. The third kappa shape index (κ3) is 6.04. The van der Waals surface area contributed by atoms with Crippen LogP contribution in [0.1, 0.15) is 16.7 Å². The number of anilines is 6. The molecule has 7 heteroatoms. The number of hydrogen-bond acceptors (Lipinski definition) is 6. The summed E-state index contributed by atoms with van der Waals surface area (Å²) in [7, 11) is 24.6. The molecule has 0 aliphatic rings. The molecule has 0 aliphatic heterocycles. The zero-order chi connectivity index (χ0) is 30.2. The standard InChI is InChI=1S/C33H51N6Si/c1-22-16-25(34(4)5)31(26(17-22)35(6)7)40(32-27(36(8)9)18-23(2)19-28(32)37(10)11)33-29(38(12)13)20-24(3)21-30(33)39(14)15/h16-21H,1-15H3. The third-order valence-corrected chi connectivity index (χ3v) is 10.4. The molecule has 0 bridgehead atoms. The summed E-state index contributed by atoms with van der Waals surface area (Å²) in [5.74, 6) is 0. The van der Waals surface area contributed by atoms with Crippen LogP contribution in [0.3, 0.4) is 0 Å². The summed E-state index contributed by atoms with van der Waals surface area (Å²) in [6.45, 7) is 6.63. The number of hydrogen-bond donors (Lipinski definition) is 0. The van der Waals surface area contributed by atoms with Gasteiger partial charge in [-0.2, -0.15) is 0 Å². The van der Waals surface area contributed by atoms with Gasteiger partial charge in [0.15, 0.2) is 8.80 Å². The molecule has 0 saturated carbocycles. The van der Waals surface area contributed by atoms with Gasteiger partial charge in [0.2, 0.25) is 0 Å². The highest BCUT2D eigenvalue weighted by atomic mass is 28.3. The molecule has 40 heavy (non-hydrogen) atoms. The van der Waals surface area contributed by atoms with E-state index < -0.39 is 8.80 Å². The molecule has 0 spiro atoms. The lowest BCUT2D eigenvalue weighted by Crippen LogP contribution is -2.58. The van der Waals surface area contributed by atoms with Crippen molar-refractivity contribution in [3.8, 4) is 0 Å². The lowest BCUT2D eigenvalue weighted by molar-refractivity contribution is 1.10. The second kappa shape index (κ2) is 12.0. The molecule has 217 valence electrons. The first-order valence-electron chi connectivity index (χ1n) is 13.9. The molecule has 0 unspecified atom stereocenters. The van der Waals surface area contributed by atoms with Crippen molar-refractivity contribution >= 4 is 58.5 Å². The van der Waals surface area contributed by atoms with Crippen LogP contribution in [0.15, 0.2) is 36.4 Å². The van der Waals surface area contributed by atoms with Crippen LogP contribution in [0.4, 0.5) is 34.1 Å². The third-order valence-electron chi connectivity index (χ3n) is 7.36. The molecule has 6 nitrogen and oxygen atoms in total. The van der Waals surface area contributed by atoms with Crippen LogP contribution < -0.4 is 45.0 Å². The Hall–Kier alpha value is -3.32. The first kappa shape index (κ1) is 31.2. The SMILES string of the molecule is Cc1cc(N(C)C)c([Si](c2c(N(C)C)cc(C)cc2N(C)C)c2c(N(C)C)cc(C)cc2N(C)C)c(N(C)C)c1. The van der Waals surface area contributed by atoms with Crippen LogP contribution >= 0.6 is 0 Å². The molecule has 0 amide bonds. The summed E-state index contributed by atoms with van der Waals surface area (Å²) in [5.41, 5.74) is 11.5. The van der Waals surface area contributed by atoms with Gasteiger partial charge in [-0.3, -0.25) is 0 Å². The van der Waals surface area contributed by atoms with Gasteiger partial charge < -0.3 is 29.4 Å². The normalized spacial score (nSPS) is 11.1. The molecule has 1 radical (unpaired) electrons. The fraction of sp³-hybridized carbons (Fsp3) is 0.455. The second-order valence-electron chi connectivity index (χ2n) is 12.3. The van der Waals surface area contributed by atoms with Gasteiger partial charge in [0.25, 0.3) is 0 Å². The van der Waals surface area contributed by atoms with Crippen LogP contribution in [0.2, 0.25) is 0 Å². The van der Waals surface area contributed by atoms with Crippen molar-refractivity contribution in [1.82, 2.24) is 0 Å². The van der Waals surface area contributed by atoms with Gasteiger partial charge in [-0.15, -0.1) is 0 Å². The number of benzene rings is 3. The van der Waals surface area contributed by atoms with Crippen molar-refractivity contribution in [2.24, 2.45) is 0 Å². The van der Waals surface area contributed by atoms with Gasteiger partial charge in [0, 0.05) is 119 Å². The largest absolute Gasteiger partial charge is 0.378 e. The molecule has 3 aromatic rings. The highest BCUT2D eigenvalue weighted by Gasteiger charge is 2.36. The Labute approximate surface area is 246 Å². The van der Waals surface area contributed by atoms with Crippen LogP contribution in [0, 0.1) is 20.8 Å².